The maximum absolute atomic E-state index is 12.4. The Morgan fingerprint density at radius 1 is 1.36 bits per heavy atom. The Bertz CT molecular complexity index is 732. The van der Waals surface area contributed by atoms with Gasteiger partial charge in [-0.25, -0.2) is 9.78 Å². The number of aromatic nitrogens is 1. The Labute approximate surface area is 150 Å². The number of rotatable bonds is 4. The molecule has 2 heterocycles. The molecule has 7 heteroatoms. The first-order chi connectivity index (χ1) is 12.1. The van der Waals surface area contributed by atoms with Crippen molar-refractivity contribution in [2.24, 2.45) is 5.92 Å². The largest absolute Gasteiger partial charge is 0.445 e. The number of nitrogens with one attached hydrogen (secondary N) is 1. The van der Waals surface area contributed by atoms with Crippen LogP contribution < -0.4 is 5.32 Å². The molecule has 25 heavy (non-hydrogen) atoms. The highest BCUT2D eigenvalue weighted by Gasteiger charge is 2.29. The summed E-state index contributed by atoms with van der Waals surface area (Å²) in [6.45, 7) is 3.13. The second-order valence-electron chi connectivity index (χ2n) is 6.11. The molecule has 2 amide bonds. The monoisotopic (exact) mass is 359 g/mol. The van der Waals surface area contributed by atoms with Crippen molar-refractivity contribution in [3.05, 3.63) is 47.0 Å². The molecule has 0 saturated carbocycles. The predicted octanol–water partition coefficient (Wildman–Crippen LogP) is 3.44. The number of hydrogen-bond donors (Lipinski definition) is 1. The van der Waals surface area contributed by atoms with E-state index in [1.807, 2.05) is 42.6 Å². The van der Waals surface area contributed by atoms with Crippen LogP contribution in [0.4, 0.5) is 9.93 Å². The van der Waals surface area contributed by atoms with Crippen LogP contribution in [0, 0.1) is 12.8 Å². The number of piperidine rings is 1. The maximum atomic E-state index is 12.4. The smallest absolute Gasteiger partial charge is 0.410 e. The zero-order chi connectivity index (χ0) is 17.6. The number of nitrogens with zero attached hydrogens (tertiary/aromatic N) is 2. The molecule has 2 aromatic rings. The SMILES string of the molecule is Cc1csc(NC(=O)C2CCCN(C(=O)OCc3ccccc3)C2)n1. The van der Waals surface area contributed by atoms with Crippen molar-refractivity contribution >= 4 is 28.5 Å². The van der Waals surface area contributed by atoms with Crippen LogP contribution in [0.2, 0.25) is 0 Å². The summed E-state index contributed by atoms with van der Waals surface area (Å²) in [7, 11) is 0. The second-order valence-corrected chi connectivity index (χ2v) is 6.97. The molecule has 132 valence electrons. The zero-order valence-electron chi connectivity index (χ0n) is 14.1. The minimum absolute atomic E-state index is 0.0880. The summed E-state index contributed by atoms with van der Waals surface area (Å²) in [6.07, 6.45) is 1.18. The minimum Gasteiger partial charge on any atom is -0.445 e. The highest BCUT2D eigenvalue weighted by Crippen LogP contribution is 2.21. The molecule has 1 aliphatic heterocycles. The third-order valence-corrected chi connectivity index (χ3v) is 4.98. The number of thiazole rings is 1. The summed E-state index contributed by atoms with van der Waals surface area (Å²) in [5.74, 6) is -0.322. The van der Waals surface area contributed by atoms with E-state index in [1.165, 1.54) is 11.3 Å². The van der Waals surface area contributed by atoms with Crippen LogP contribution in [0.3, 0.4) is 0 Å². The normalized spacial score (nSPS) is 17.2. The molecule has 1 atom stereocenters. The maximum Gasteiger partial charge on any atom is 0.410 e. The van der Waals surface area contributed by atoms with E-state index in [0.717, 1.165) is 24.1 Å². The summed E-state index contributed by atoms with van der Waals surface area (Å²) in [5, 5.41) is 5.34. The van der Waals surface area contributed by atoms with Gasteiger partial charge in [-0.1, -0.05) is 30.3 Å². The van der Waals surface area contributed by atoms with Crippen molar-refractivity contribution in [1.82, 2.24) is 9.88 Å². The molecular weight excluding hydrogens is 338 g/mol. The van der Waals surface area contributed by atoms with Gasteiger partial charge in [0.05, 0.1) is 11.6 Å². The van der Waals surface area contributed by atoms with Gasteiger partial charge in [0, 0.05) is 18.5 Å². The summed E-state index contributed by atoms with van der Waals surface area (Å²) in [6, 6.07) is 9.56. The van der Waals surface area contributed by atoms with Gasteiger partial charge in [-0.05, 0) is 25.3 Å². The quantitative estimate of drug-likeness (QED) is 0.908. The van der Waals surface area contributed by atoms with Crippen LogP contribution >= 0.6 is 11.3 Å². The van der Waals surface area contributed by atoms with E-state index >= 15 is 0 Å². The van der Waals surface area contributed by atoms with E-state index in [4.69, 9.17) is 4.74 Å². The van der Waals surface area contributed by atoms with Crippen molar-refractivity contribution in [3.63, 3.8) is 0 Å². The lowest BCUT2D eigenvalue weighted by Gasteiger charge is -2.31. The van der Waals surface area contributed by atoms with Crippen molar-refractivity contribution in [2.45, 2.75) is 26.4 Å². The summed E-state index contributed by atoms with van der Waals surface area (Å²) in [4.78, 5) is 30.5. The Balaban J connectivity index is 1.51. The molecule has 6 nitrogen and oxygen atoms in total. The van der Waals surface area contributed by atoms with Gasteiger partial charge in [0.2, 0.25) is 5.91 Å². The van der Waals surface area contributed by atoms with Crippen molar-refractivity contribution in [1.29, 1.82) is 0 Å². The molecular formula is C18H21N3O3S. The van der Waals surface area contributed by atoms with Gasteiger partial charge in [0.15, 0.2) is 5.13 Å². The van der Waals surface area contributed by atoms with E-state index in [1.54, 1.807) is 4.90 Å². The summed E-state index contributed by atoms with van der Waals surface area (Å²) in [5.41, 5.74) is 1.83. The third-order valence-electron chi connectivity index (χ3n) is 4.10. The molecule has 0 bridgehead atoms. The third kappa shape index (κ3) is 4.79. The molecule has 1 saturated heterocycles. The first-order valence-corrected chi connectivity index (χ1v) is 9.18. The van der Waals surface area contributed by atoms with Crippen molar-refractivity contribution < 1.29 is 14.3 Å². The lowest BCUT2D eigenvalue weighted by molar-refractivity contribution is -0.121. The topological polar surface area (TPSA) is 71.5 Å². The molecule has 1 N–H and O–H groups in total. The van der Waals surface area contributed by atoms with Crippen molar-refractivity contribution in [2.75, 3.05) is 18.4 Å². The number of carbonyl (C=O) groups excluding carboxylic acids is 2. The highest BCUT2D eigenvalue weighted by atomic mass is 32.1. The Morgan fingerprint density at radius 2 is 2.16 bits per heavy atom. The average Bonchev–Trinajstić information content (AvgIpc) is 3.05. The van der Waals surface area contributed by atoms with Crippen LogP contribution in [0.1, 0.15) is 24.1 Å². The molecule has 1 aromatic carbocycles. The van der Waals surface area contributed by atoms with Gasteiger partial charge < -0.3 is 15.0 Å². The molecule has 3 rings (SSSR count). The Morgan fingerprint density at radius 3 is 2.88 bits per heavy atom. The predicted molar refractivity (Wildman–Crippen MR) is 96.4 cm³/mol. The number of benzene rings is 1. The molecule has 0 spiro atoms. The standard InChI is InChI=1S/C18H21N3O3S/c1-13-12-25-17(19-13)20-16(22)15-8-5-9-21(10-15)18(23)24-11-14-6-3-2-4-7-14/h2-4,6-7,12,15H,5,8-11H2,1H3,(H,19,20,22). The number of likely N-dealkylation sites (tertiary alicyclic amines) is 1. The van der Waals surface area contributed by atoms with E-state index < -0.39 is 0 Å². The van der Waals surface area contributed by atoms with Gasteiger partial charge in [-0.2, -0.15) is 0 Å². The lowest BCUT2D eigenvalue weighted by Crippen LogP contribution is -2.44. The van der Waals surface area contributed by atoms with Crippen LogP contribution in [0.15, 0.2) is 35.7 Å². The van der Waals surface area contributed by atoms with Crippen LogP contribution in [-0.2, 0) is 16.1 Å². The Hall–Kier alpha value is -2.41. The molecule has 0 aliphatic carbocycles. The fourth-order valence-corrected chi connectivity index (χ4v) is 3.48. The first kappa shape index (κ1) is 17.4. The van der Waals surface area contributed by atoms with E-state index in [9.17, 15) is 9.59 Å². The summed E-state index contributed by atoms with van der Waals surface area (Å²) >= 11 is 1.41. The number of carbonyl (C=O) groups is 2. The van der Waals surface area contributed by atoms with E-state index in [2.05, 4.69) is 10.3 Å². The van der Waals surface area contributed by atoms with Crippen molar-refractivity contribution in [3.8, 4) is 0 Å². The number of amides is 2. The van der Waals surface area contributed by atoms with E-state index in [-0.39, 0.29) is 24.5 Å². The number of anilines is 1. The lowest BCUT2D eigenvalue weighted by atomic mass is 9.97. The summed E-state index contributed by atoms with van der Waals surface area (Å²) < 4.78 is 5.36. The van der Waals surface area contributed by atoms with Crippen LogP contribution in [0.5, 0.6) is 0 Å². The van der Waals surface area contributed by atoms with Gasteiger partial charge >= 0.3 is 6.09 Å². The Kier molecular flexibility index (Phi) is 5.65. The number of hydrogen-bond acceptors (Lipinski definition) is 5. The molecule has 1 aliphatic rings. The second kappa shape index (κ2) is 8.11. The minimum atomic E-state index is -0.369. The molecule has 1 unspecified atom stereocenters. The zero-order valence-corrected chi connectivity index (χ0v) is 14.9. The van der Waals surface area contributed by atoms with Crippen LogP contribution in [-0.4, -0.2) is 35.0 Å². The first-order valence-electron chi connectivity index (χ1n) is 8.30. The fraction of sp³-hybridized carbons (Fsp3) is 0.389. The molecule has 1 aromatic heterocycles. The highest BCUT2D eigenvalue weighted by molar-refractivity contribution is 7.13. The van der Waals surface area contributed by atoms with Gasteiger partial charge in [-0.3, -0.25) is 4.79 Å². The molecule has 0 radical (unpaired) electrons. The average molecular weight is 359 g/mol. The molecule has 1 fully saturated rings. The number of ether oxygens (including phenoxy) is 1. The van der Waals surface area contributed by atoms with Crippen LogP contribution in [0.25, 0.3) is 0 Å². The van der Waals surface area contributed by atoms with E-state index in [0.29, 0.717) is 18.2 Å². The number of aryl methyl sites for hydroxylation is 1. The van der Waals surface area contributed by atoms with Gasteiger partial charge in [0.25, 0.3) is 0 Å². The van der Waals surface area contributed by atoms with Gasteiger partial charge in [0.1, 0.15) is 6.61 Å². The fourth-order valence-electron chi connectivity index (χ4n) is 2.79. The van der Waals surface area contributed by atoms with Gasteiger partial charge in [-0.15, -0.1) is 11.3 Å².